The second-order valence-electron chi connectivity index (χ2n) is 11.8. The third-order valence-electron chi connectivity index (χ3n) is 8.65. The molecule has 0 saturated carbocycles. The number of benzene rings is 5. The Morgan fingerprint density at radius 3 is 2.00 bits per heavy atom. The van der Waals surface area contributed by atoms with Gasteiger partial charge in [0.2, 0.25) is 0 Å². The van der Waals surface area contributed by atoms with E-state index in [1.165, 1.54) is 5.56 Å². The standard InChI is InChI=1S/C43H35N3O/c1-30-22-23-40(45-43(30)39-20-12-13-21-41(39)47)36-26-35(31(2)32-14-6-3-7-15-32)27-38(28-36)46(37-18-10-5-11-19-37)42-29-34(24-25-44-42)33-16-8-4-9-17-33/h3-29,31,47H,1-2H3. The molecule has 0 spiro atoms. The van der Waals surface area contributed by atoms with Gasteiger partial charge in [-0.2, -0.15) is 0 Å². The van der Waals surface area contributed by atoms with Crippen molar-refractivity contribution in [2.75, 3.05) is 4.90 Å². The van der Waals surface area contributed by atoms with Crippen molar-refractivity contribution in [2.45, 2.75) is 19.8 Å². The van der Waals surface area contributed by atoms with Crippen LogP contribution in [0.25, 0.3) is 33.6 Å². The van der Waals surface area contributed by atoms with Gasteiger partial charge in [-0.05, 0) is 95.4 Å². The highest BCUT2D eigenvalue weighted by molar-refractivity contribution is 5.81. The van der Waals surface area contributed by atoms with E-state index in [1.807, 2.05) is 43.5 Å². The van der Waals surface area contributed by atoms with Gasteiger partial charge in [0, 0.05) is 34.6 Å². The maximum Gasteiger partial charge on any atom is 0.138 e. The van der Waals surface area contributed by atoms with Gasteiger partial charge in [-0.3, -0.25) is 4.90 Å². The van der Waals surface area contributed by atoms with E-state index >= 15 is 0 Å². The number of para-hydroxylation sites is 2. The number of nitrogens with zero attached hydrogens (tertiary/aromatic N) is 3. The summed E-state index contributed by atoms with van der Waals surface area (Å²) in [6, 6.07) is 53.8. The van der Waals surface area contributed by atoms with E-state index in [4.69, 9.17) is 9.97 Å². The van der Waals surface area contributed by atoms with Crippen molar-refractivity contribution in [3.63, 3.8) is 0 Å². The second-order valence-corrected chi connectivity index (χ2v) is 11.8. The fraction of sp³-hybridized carbons (Fsp3) is 0.0698. The van der Waals surface area contributed by atoms with Crippen molar-refractivity contribution in [1.82, 2.24) is 9.97 Å². The van der Waals surface area contributed by atoms with Crippen LogP contribution in [0, 0.1) is 6.92 Å². The quantitative estimate of drug-likeness (QED) is 0.186. The number of phenols is 1. The molecule has 0 radical (unpaired) electrons. The van der Waals surface area contributed by atoms with Gasteiger partial charge in [-0.15, -0.1) is 0 Å². The van der Waals surface area contributed by atoms with Gasteiger partial charge < -0.3 is 5.11 Å². The fourth-order valence-corrected chi connectivity index (χ4v) is 6.07. The lowest BCUT2D eigenvalue weighted by Gasteiger charge is -2.27. The molecule has 0 amide bonds. The molecule has 0 aliphatic rings. The predicted molar refractivity (Wildman–Crippen MR) is 193 cm³/mol. The Morgan fingerprint density at radius 1 is 0.574 bits per heavy atom. The van der Waals surface area contributed by atoms with Gasteiger partial charge in [-0.1, -0.05) is 104 Å². The highest BCUT2D eigenvalue weighted by Gasteiger charge is 2.20. The van der Waals surface area contributed by atoms with Gasteiger partial charge in [0.1, 0.15) is 11.6 Å². The molecule has 1 unspecified atom stereocenters. The average Bonchev–Trinajstić information content (AvgIpc) is 3.13. The zero-order chi connectivity index (χ0) is 32.2. The number of aromatic hydroxyl groups is 1. The third kappa shape index (κ3) is 6.27. The Kier molecular flexibility index (Phi) is 8.31. The zero-order valence-electron chi connectivity index (χ0n) is 26.5. The summed E-state index contributed by atoms with van der Waals surface area (Å²) in [5.41, 5.74) is 10.9. The van der Waals surface area contributed by atoms with E-state index in [0.29, 0.717) is 5.56 Å². The third-order valence-corrected chi connectivity index (χ3v) is 8.65. The molecule has 5 aromatic carbocycles. The molecular weight excluding hydrogens is 574 g/mol. The van der Waals surface area contributed by atoms with Crippen LogP contribution in [0.5, 0.6) is 5.75 Å². The minimum atomic E-state index is 0.124. The normalized spacial score (nSPS) is 11.6. The number of anilines is 3. The zero-order valence-corrected chi connectivity index (χ0v) is 26.5. The van der Waals surface area contributed by atoms with Gasteiger partial charge >= 0.3 is 0 Å². The summed E-state index contributed by atoms with van der Waals surface area (Å²) in [5.74, 6) is 1.16. The van der Waals surface area contributed by atoms with Gasteiger partial charge in [0.25, 0.3) is 0 Å². The molecular formula is C43H35N3O. The smallest absolute Gasteiger partial charge is 0.138 e. The number of rotatable bonds is 8. The van der Waals surface area contributed by atoms with Gasteiger partial charge in [0.15, 0.2) is 0 Å². The van der Waals surface area contributed by atoms with Crippen molar-refractivity contribution >= 4 is 17.2 Å². The number of hydrogen-bond acceptors (Lipinski definition) is 4. The molecule has 7 aromatic rings. The van der Waals surface area contributed by atoms with Crippen LogP contribution in [0.15, 0.2) is 164 Å². The summed E-state index contributed by atoms with van der Waals surface area (Å²) in [7, 11) is 0. The predicted octanol–water partition coefficient (Wildman–Crippen LogP) is 11.1. The number of phenolic OH excluding ortho intramolecular Hbond substituents is 1. The molecule has 0 bridgehead atoms. The molecule has 2 aromatic heterocycles. The number of aryl methyl sites for hydroxylation is 1. The van der Waals surface area contributed by atoms with Crippen LogP contribution < -0.4 is 4.90 Å². The minimum Gasteiger partial charge on any atom is -0.507 e. The molecule has 47 heavy (non-hydrogen) atoms. The Labute approximate surface area is 276 Å². The molecule has 1 atom stereocenters. The first kappa shape index (κ1) is 29.7. The maximum atomic E-state index is 10.7. The second kappa shape index (κ2) is 13.2. The lowest BCUT2D eigenvalue weighted by molar-refractivity contribution is 0.477. The molecule has 0 aliphatic heterocycles. The molecule has 2 heterocycles. The van der Waals surface area contributed by atoms with E-state index in [-0.39, 0.29) is 11.7 Å². The number of hydrogen-bond donors (Lipinski definition) is 1. The lowest BCUT2D eigenvalue weighted by Crippen LogP contribution is -2.12. The van der Waals surface area contributed by atoms with Crippen molar-refractivity contribution < 1.29 is 5.11 Å². The van der Waals surface area contributed by atoms with Crippen LogP contribution in [-0.2, 0) is 0 Å². The molecule has 0 saturated heterocycles. The lowest BCUT2D eigenvalue weighted by atomic mass is 9.90. The van der Waals surface area contributed by atoms with Crippen LogP contribution in [0.4, 0.5) is 17.2 Å². The van der Waals surface area contributed by atoms with Crippen LogP contribution in [-0.4, -0.2) is 15.1 Å². The van der Waals surface area contributed by atoms with Crippen LogP contribution >= 0.6 is 0 Å². The van der Waals surface area contributed by atoms with Crippen molar-refractivity contribution in [1.29, 1.82) is 0 Å². The molecule has 0 fully saturated rings. The average molecular weight is 610 g/mol. The van der Waals surface area contributed by atoms with Crippen molar-refractivity contribution in [3.05, 3.63) is 181 Å². The van der Waals surface area contributed by atoms with Crippen molar-refractivity contribution in [2.24, 2.45) is 0 Å². The van der Waals surface area contributed by atoms with E-state index in [0.717, 1.165) is 56.4 Å². The molecule has 7 rings (SSSR count). The first-order valence-corrected chi connectivity index (χ1v) is 15.9. The summed E-state index contributed by atoms with van der Waals surface area (Å²) in [6.45, 7) is 4.27. The van der Waals surface area contributed by atoms with Crippen LogP contribution in [0.1, 0.15) is 29.5 Å². The summed E-state index contributed by atoms with van der Waals surface area (Å²) < 4.78 is 0. The molecule has 228 valence electrons. The molecule has 1 N–H and O–H groups in total. The monoisotopic (exact) mass is 609 g/mol. The molecule has 0 aliphatic carbocycles. The first-order chi connectivity index (χ1) is 23.0. The first-order valence-electron chi connectivity index (χ1n) is 15.9. The van der Waals surface area contributed by atoms with Crippen LogP contribution in [0.2, 0.25) is 0 Å². The summed E-state index contributed by atoms with van der Waals surface area (Å²) in [5, 5.41) is 10.7. The van der Waals surface area contributed by atoms with E-state index < -0.39 is 0 Å². The summed E-state index contributed by atoms with van der Waals surface area (Å²) in [6.07, 6.45) is 1.88. The molecule has 4 heteroatoms. The van der Waals surface area contributed by atoms with E-state index in [1.54, 1.807) is 6.07 Å². The Bertz CT molecular complexity index is 2130. The van der Waals surface area contributed by atoms with Gasteiger partial charge in [-0.25, -0.2) is 9.97 Å². The summed E-state index contributed by atoms with van der Waals surface area (Å²) >= 11 is 0. The fourth-order valence-electron chi connectivity index (χ4n) is 6.07. The topological polar surface area (TPSA) is 49.2 Å². The minimum absolute atomic E-state index is 0.124. The maximum absolute atomic E-state index is 10.7. The summed E-state index contributed by atoms with van der Waals surface area (Å²) in [4.78, 5) is 12.3. The highest BCUT2D eigenvalue weighted by Crippen LogP contribution is 2.40. The molecule has 4 nitrogen and oxygen atoms in total. The largest absolute Gasteiger partial charge is 0.507 e. The van der Waals surface area contributed by atoms with Gasteiger partial charge in [0.05, 0.1) is 11.4 Å². The highest BCUT2D eigenvalue weighted by atomic mass is 16.3. The van der Waals surface area contributed by atoms with Crippen LogP contribution in [0.3, 0.4) is 0 Å². The number of pyridine rings is 2. The van der Waals surface area contributed by atoms with E-state index in [2.05, 4.69) is 133 Å². The Morgan fingerprint density at radius 2 is 1.26 bits per heavy atom. The Balaban J connectivity index is 1.44. The Hall–Kier alpha value is -6.00. The number of aromatic nitrogens is 2. The van der Waals surface area contributed by atoms with Crippen molar-refractivity contribution in [3.8, 4) is 39.4 Å². The van der Waals surface area contributed by atoms with E-state index in [9.17, 15) is 5.11 Å². The SMILES string of the molecule is Cc1ccc(-c2cc(C(C)c3ccccc3)cc(N(c3ccccc3)c3cc(-c4ccccc4)ccn3)c2)nc1-c1ccccc1O.